The molecular formula is C11H17N3O4. The molecule has 1 aromatic rings. The fourth-order valence-electron chi connectivity index (χ4n) is 1.27. The lowest BCUT2D eigenvalue weighted by molar-refractivity contribution is -0.137. The van der Waals surface area contributed by atoms with Crippen LogP contribution in [-0.2, 0) is 11.3 Å². The number of carboxylic acids is 1. The van der Waals surface area contributed by atoms with Gasteiger partial charge >= 0.3 is 12.0 Å². The Morgan fingerprint density at radius 3 is 2.61 bits per heavy atom. The maximum absolute atomic E-state index is 11.3. The van der Waals surface area contributed by atoms with E-state index in [1.54, 1.807) is 6.92 Å². The van der Waals surface area contributed by atoms with Crippen LogP contribution in [0.5, 0.6) is 0 Å². The van der Waals surface area contributed by atoms with Gasteiger partial charge in [-0.05, 0) is 20.3 Å². The number of oxazole rings is 1. The van der Waals surface area contributed by atoms with Gasteiger partial charge in [0.05, 0.1) is 12.2 Å². The molecule has 0 spiro atoms. The summed E-state index contributed by atoms with van der Waals surface area (Å²) in [6, 6.07) is -0.367. The number of hydrogen-bond donors (Lipinski definition) is 3. The lowest BCUT2D eigenvalue weighted by Gasteiger charge is -2.04. The van der Waals surface area contributed by atoms with Gasteiger partial charge in [-0.3, -0.25) is 4.79 Å². The predicted molar refractivity (Wildman–Crippen MR) is 63.1 cm³/mol. The van der Waals surface area contributed by atoms with E-state index in [1.165, 1.54) is 0 Å². The molecule has 1 aromatic heterocycles. The summed E-state index contributed by atoms with van der Waals surface area (Å²) >= 11 is 0. The zero-order valence-corrected chi connectivity index (χ0v) is 10.4. The van der Waals surface area contributed by atoms with Gasteiger partial charge in [0.1, 0.15) is 5.76 Å². The first kappa shape index (κ1) is 14.0. The van der Waals surface area contributed by atoms with Crippen molar-refractivity contribution in [3.05, 3.63) is 17.3 Å². The second-order valence-corrected chi connectivity index (χ2v) is 3.86. The maximum atomic E-state index is 11.3. The molecule has 7 heteroatoms. The molecule has 0 aliphatic rings. The van der Waals surface area contributed by atoms with Crippen molar-refractivity contribution < 1.29 is 19.1 Å². The van der Waals surface area contributed by atoms with Crippen LogP contribution in [-0.4, -0.2) is 28.6 Å². The van der Waals surface area contributed by atoms with E-state index in [0.29, 0.717) is 18.9 Å². The van der Waals surface area contributed by atoms with Crippen molar-refractivity contribution in [2.24, 2.45) is 0 Å². The van der Waals surface area contributed by atoms with Crippen molar-refractivity contribution in [2.45, 2.75) is 33.2 Å². The summed E-state index contributed by atoms with van der Waals surface area (Å²) in [5.41, 5.74) is 0.800. The summed E-state index contributed by atoms with van der Waals surface area (Å²) in [6.07, 6.45) is 0.443. The molecule has 0 saturated carbocycles. The summed E-state index contributed by atoms with van der Waals surface area (Å²) in [5, 5.41) is 13.5. The summed E-state index contributed by atoms with van der Waals surface area (Å²) in [6.45, 7) is 4.16. The molecule has 0 atom stereocenters. The number of aryl methyl sites for hydroxylation is 2. The van der Waals surface area contributed by atoms with Gasteiger partial charge in [-0.15, -0.1) is 0 Å². The molecule has 1 heterocycles. The first-order chi connectivity index (χ1) is 8.49. The number of hydrogen-bond acceptors (Lipinski definition) is 4. The number of nitrogens with one attached hydrogen (secondary N) is 2. The largest absolute Gasteiger partial charge is 0.481 e. The van der Waals surface area contributed by atoms with Crippen LogP contribution < -0.4 is 10.6 Å². The second kappa shape index (κ2) is 6.63. The molecule has 2 amide bonds. The van der Waals surface area contributed by atoms with Crippen molar-refractivity contribution in [1.29, 1.82) is 0 Å². The Morgan fingerprint density at radius 1 is 1.33 bits per heavy atom. The van der Waals surface area contributed by atoms with E-state index in [0.717, 1.165) is 11.5 Å². The van der Waals surface area contributed by atoms with Crippen molar-refractivity contribution in [3.63, 3.8) is 0 Å². The molecule has 0 bridgehead atoms. The van der Waals surface area contributed by atoms with Gasteiger partial charge < -0.3 is 20.2 Å². The average molecular weight is 255 g/mol. The van der Waals surface area contributed by atoms with Crippen molar-refractivity contribution in [2.75, 3.05) is 6.54 Å². The topological polar surface area (TPSA) is 104 Å². The molecule has 0 aliphatic heterocycles. The third-order valence-electron chi connectivity index (χ3n) is 2.33. The molecule has 0 aliphatic carbocycles. The Bertz CT molecular complexity index is 408. The summed E-state index contributed by atoms with van der Waals surface area (Å²) in [4.78, 5) is 25.7. The SMILES string of the molecule is Cc1nc(CNC(=O)NCCCC(=O)O)oc1C. The van der Waals surface area contributed by atoms with Crippen LogP contribution in [0.25, 0.3) is 0 Å². The van der Waals surface area contributed by atoms with E-state index in [2.05, 4.69) is 15.6 Å². The number of aromatic nitrogens is 1. The first-order valence-electron chi connectivity index (χ1n) is 5.65. The maximum Gasteiger partial charge on any atom is 0.315 e. The number of amides is 2. The van der Waals surface area contributed by atoms with Gasteiger partial charge in [0.15, 0.2) is 0 Å². The zero-order chi connectivity index (χ0) is 13.5. The highest BCUT2D eigenvalue weighted by atomic mass is 16.4. The average Bonchev–Trinajstić information content (AvgIpc) is 2.61. The quantitative estimate of drug-likeness (QED) is 0.656. The number of carbonyl (C=O) groups is 2. The smallest absolute Gasteiger partial charge is 0.315 e. The summed E-state index contributed by atoms with van der Waals surface area (Å²) < 4.78 is 5.29. The van der Waals surface area contributed by atoms with Crippen molar-refractivity contribution in [3.8, 4) is 0 Å². The van der Waals surface area contributed by atoms with Gasteiger partial charge in [0, 0.05) is 13.0 Å². The van der Waals surface area contributed by atoms with E-state index in [4.69, 9.17) is 9.52 Å². The minimum atomic E-state index is -0.872. The van der Waals surface area contributed by atoms with E-state index >= 15 is 0 Å². The third-order valence-corrected chi connectivity index (χ3v) is 2.33. The number of nitrogens with zero attached hydrogens (tertiary/aromatic N) is 1. The number of aliphatic carboxylic acids is 1. The minimum Gasteiger partial charge on any atom is -0.481 e. The van der Waals surface area contributed by atoms with Gasteiger partial charge in [-0.25, -0.2) is 9.78 Å². The number of carbonyl (C=O) groups excluding carboxylic acids is 1. The first-order valence-corrected chi connectivity index (χ1v) is 5.65. The second-order valence-electron chi connectivity index (χ2n) is 3.86. The highest BCUT2D eigenvalue weighted by Gasteiger charge is 2.07. The number of urea groups is 1. The van der Waals surface area contributed by atoms with E-state index in [9.17, 15) is 9.59 Å². The van der Waals surface area contributed by atoms with E-state index in [-0.39, 0.29) is 19.0 Å². The molecule has 100 valence electrons. The molecule has 3 N–H and O–H groups in total. The fraction of sp³-hybridized carbons (Fsp3) is 0.545. The van der Waals surface area contributed by atoms with Crippen LogP contribution in [0.2, 0.25) is 0 Å². The summed E-state index contributed by atoms with van der Waals surface area (Å²) in [5.74, 6) is 0.308. The monoisotopic (exact) mass is 255 g/mol. The molecule has 0 aromatic carbocycles. The Kier molecular flexibility index (Phi) is 5.16. The van der Waals surface area contributed by atoms with Crippen molar-refractivity contribution >= 4 is 12.0 Å². The van der Waals surface area contributed by atoms with Crippen molar-refractivity contribution in [1.82, 2.24) is 15.6 Å². The molecule has 0 unspecified atom stereocenters. The number of rotatable bonds is 6. The third kappa shape index (κ3) is 4.86. The minimum absolute atomic E-state index is 0.0401. The van der Waals surface area contributed by atoms with Crippen LogP contribution in [0.3, 0.4) is 0 Å². The highest BCUT2D eigenvalue weighted by Crippen LogP contribution is 2.07. The molecule has 1 rings (SSSR count). The van der Waals surface area contributed by atoms with E-state index < -0.39 is 5.97 Å². The molecular weight excluding hydrogens is 238 g/mol. The van der Waals surface area contributed by atoms with Crippen LogP contribution in [0.1, 0.15) is 30.2 Å². The normalized spacial score (nSPS) is 10.1. The van der Waals surface area contributed by atoms with Gasteiger partial charge in [0.25, 0.3) is 0 Å². The van der Waals surface area contributed by atoms with Crippen LogP contribution in [0.4, 0.5) is 4.79 Å². The van der Waals surface area contributed by atoms with Gasteiger partial charge in [-0.1, -0.05) is 0 Å². The Hall–Kier alpha value is -2.05. The molecule has 18 heavy (non-hydrogen) atoms. The lowest BCUT2D eigenvalue weighted by Crippen LogP contribution is -2.35. The molecule has 7 nitrogen and oxygen atoms in total. The van der Waals surface area contributed by atoms with Gasteiger partial charge in [0.2, 0.25) is 5.89 Å². The Balaban J connectivity index is 2.19. The Morgan fingerprint density at radius 2 is 2.06 bits per heavy atom. The molecule has 0 fully saturated rings. The zero-order valence-electron chi connectivity index (χ0n) is 10.4. The fourth-order valence-corrected chi connectivity index (χ4v) is 1.27. The van der Waals surface area contributed by atoms with Gasteiger partial charge in [-0.2, -0.15) is 0 Å². The van der Waals surface area contributed by atoms with E-state index in [1.807, 2.05) is 6.92 Å². The standard InChI is InChI=1S/C11H17N3O4/c1-7-8(2)18-9(14-7)6-13-11(17)12-5-3-4-10(15)16/h3-6H2,1-2H3,(H,15,16)(H2,12,13,17). The van der Waals surface area contributed by atoms with Crippen LogP contribution >= 0.6 is 0 Å². The predicted octanol–water partition coefficient (Wildman–Crippen LogP) is 0.955. The number of carboxylic acid groups (broad SMARTS) is 1. The van der Waals surface area contributed by atoms with Crippen LogP contribution in [0, 0.1) is 13.8 Å². The molecule has 0 radical (unpaired) electrons. The summed E-state index contributed by atoms with van der Waals surface area (Å²) in [7, 11) is 0. The molecule has 0 saturated heterocycles. The Labute approximate surface area is 105 Å². The highest BCUT2D eigenvalue weighted by molar-refractivity contribution is 5.73. The van der Waals surface area contributed by atoms with Crippen LogP contribution in [0.15, 0.2) is 4.42 Å². The lowest BCUT2D eigenvalue weighted by atomic mass is 10.3.